The Labute approximate surface area is 160 Å². The monoisotopic (exact) mass is 426 g/mol. The lowest BCUT2D eigenvalue weighted by molar-refractivity contribution is -0.384. The van der Waals surface area contributed by atoms with Gasteiger partial charge in [-0.15, -0.1) is 0 Å². The third kappa shape index (κ3) is 5.77. The van der Waals surface area contributed by atoms with E-state index in [4.69, 9.17) is 4.74 Å². The van der Waals surface area contributed by atoms with Gasteiger partial charge in [-0.05, 0) is 26.0 Å². The number of hydrogen-bond donors (Lipinski definition) is 2. The Morgan fingerprint density at radius 2 is 1.86 bits per heavy atom. The number of nitrogens with one attached hydrogen (secondary N) is 2. The largest absolute Gasteiger partial charge is 0.416 e. The lowest BCUT2D eigenvalue weighted by Crippen LogP contribution is -2.52. The summed E-state index contributed by atoms with van der Waals surface area (Å²) in [6.45, 7) is 3.73. The van der Waals surface area contributed by atoms with Crippen LogP contribution < -0.4 is 10.0 Å². The molecule has 1 aromatic rings. The minimum absolute atomic E-state index is 0.0547. The number of halogens is 3. The van der Waals surface area contributed by atoms with Crippen molar-refractivity contribution >= 4 is 21.6 Å². The van der Waals surface area contributed by atoms with Gasteiger partial charge in [-0.3, -0.25) is 10.1 Å². The summed E-state index contributed by atoms with van der Waals surface area (Å²) in [6.07, 6.45) is -5.22. The molecule has 0 amide bonds. The molecule has 0 bridgehead atoms. The molecule has 0 unspecified atom stereocenters. The fourth-order valence-corrected chi connectivity index (χ4v) is 4.16. The van der Waals surface area contributed by atoms with Crippen LogP contribution in [-0.4, -0.2) is 56.0 Å². The van der Waals surface area contributed by atoms with Crippen LogP contribution in [0.15, 0.2) is 18.2 Å². The SMILES string of the molecule is C[C@H]1CN(S(=O)(=O)NCCNc2ccc(C(F)(F)F)cc2[N+](=O)[O-])C[C@H](C)O1. The summed E-state index contributed by atoms with van der Waals surface area (Å²) in [4.78, 5) is 10.1. The van der Waals surface area contributed by atoms with Crippen LogP contribution in [0.4, 0.5) is 24.5 Å². The molecule has 2 rings (SSSR count). The Morgan fingerprint density at radius 1 is 1.25 bits per heavy atom. The molecule has 1 aliphatic rings. The van der Waals surface area contributed by atoms with Gasteiger partial charge < -0.3 is 10.1 Å². The highest BCUT2D eigenvalue weighted by molar-refractivity contribution is 7.87. The predicted octanol–water partition coefficient (Wildman–Crippen LogP) is 1.97. The molecule has 28 heavy (non-hydrogen) atoms. The fraction of sp³-hybridized carbons (Fsp3) is 0.600. The second-order valence-corrected chi connectivity index (χ2v) is 8.14. The van der Waals surface area contributed by atoms with Gasteiger partial charge in [0.2, 0.25) is 0 Å². The first kappa shape index (κ1) is 22.3. The maximum Gasteiger partial charge on any atom is 0.416 e. The number of nitrogens with zero attached hydrogens (tertiary/aromatic N) is 2. The molecule has 0 aliphatic carbocycles. The van der Waals surface area contributed by atoms with Gasteiger partial charge in [0.15, 0.2) is 0 Å². The Morgan fingerprint density at radius 3 is 2.39 bits per heavy atom. The van der Waals surface area contributed by atoms with E-state index in [1.165, 1.54) is 4.31 Å². The van der Waals surface area contributed by atoms with Crippen molar-refractivity contribution in [2.24, 2.45) is 0 Å². The number of morpholine rings is 1. The Hall–Kier alpha value is -1.96. The van der Waals surface area contributed by atoms with Gasteiger partial charge >= 0.3 is 6.18 Å². The number of nitro groups is 1. The predicted molar refractivity (Wildman–Crippen MR) is 95.1 cm³/mol. The summed E-state index contributed by atoms with van der Waals surface area (Å²) in [7, 11) is -3.78. The zero-order valence-electron chi connectivity index (χ0n) is 15.2. The Bertz CT molecular complexity index is 808. The lowest BCUT2D eigenvalue weighted by atomic mass is 10.1. The first-order chi connectivity index (χ1) is 12.9. The molecule has 0 saturated carbocycles. The van der Waals surface area contributed by atoms with Crippen LogP contribution in [-0.2, 0) is 21.1 Å². The molecular weight excluding hydrogens is 405 g/mol. The van der Waals surface area contributed by atoms with Crippen LogP contribution in [0.5, 0.6) is 0 Å². The summed E-state index contributed by atoms with van der Waals surface area (Å²) >= 11 is 0. The van der Waals surface area contributed by atoms with Crippen LogP contribution in [0.3, 0.4) is 0 Å². The zero-order valence-corrected chi connectivity index (χ0v) is 16.0. The molecule has 0 spiro atoms. The Balaban J connectivity index is 1.97. The molecular formula is C15H21F3N4O5S. The van der Waals surface area contributed by atoms with Crippen LogP contribution in [0.25, 0.3) is 0 Å². The summed E-state index contributed by atoms with van der Waals surface area (Å²) in [6, 6.07) is 2.10. The minimum atomic E-state index is -4.70. The van der Waals surface area contributed by atoms with Crippen LogP contribution >= 0.6 is 0 Å². The number of rotatable bonds is 7. The molecule has 158 valence electrons. The first-order valence-electron chi connectivity index (χ1n) is 8.40. The summed E-state index contributed by atoms with van der Waals surface area (Å²) in [5.74, 6) is 0. The van der Waals surface area contributed by atoms with Crippen molar-refractivity contribution in [1.82, 2.24) is 9.03 Å². The average Bonchev–Trinajstić information content (AvgIpc) is 2.57. The van der Waals surface area contributed by atoms with Gasteiger partial charge in [0, 0.05) is 32.2 Å². The van der Waals surface area contributed by atoms with E-state index in [0.717, 1.165) is 12.1 Å². The highest BCUT2D eigenvalue weighted by atomic mass is 32.2. The molecule has 1 heterocycles. The van der Waals surface area contributed by atoms with E-state index >= 15 is 0 Å². The van der Waals surface area contributed by atoms with Crippen molar-refractivity contribution in [2.75, 3.05) is 31.5 Å². The van der Waals surface area contributed by atoms with E-state index in [1.807, 2.05) is 0 Å². The Kier molecular flexibility index (Phi) is 6.85. The van der Waals surface area contributed by atoms with E-state index in [-0.39, 0.29) is 44.1 Å². The van der Waals surface area contributed by atoms with Gasteiger partial charge in [-0.25, -0.2) is 4.72 Å². The lowest BCUT2D eigenvalue weighted by Gasteiger charge is -2.34. The number of nitro benzene ring substituents is 1. The summed E-state index contributed by atoms with van der Waals surface area (Å²) in [5.41, 5.74) is -2.01. The quantitative estimate of drug-likeness (QED) is 0.392. The van der Waals surface area contributed by atoms with E-state index in [2.05, 4.69) is 10.0 Å². The molecule has 0 aromatic heterocycles. The summed E-state index contributed by atoms with van der Waals surface area (Å²) < 4.78 is 71.8. The highest BCUT2D eigenvalue weighted by Crippen LogP contribution is 2.34. The van der Waals surface area contributed by atoms with Crippen molar-refractivity contribution in [3.63, 3.8) is 0 Å². The number of alkyl halides is 3. The fourth-order valence-electron chi connectivity index (χ4n) is 2.80. The second-order valence-electron chi connectivity index (χ2n) is 6.39. The zero-order chi connectivity index (χ0) is 21.1. The maximum absolute atomic E-state index is 12.7. The molecule has 2 N–H and O–H groups in total. The van der Waals surface area contributed by atoms with Crippen LogP contribution in [0.2, 0.25) is 0 Å². The van der Waals surface area contributed by atoms with Gasteiger partial charge in [0.25, 0.3) is 15.9 Å². The second kappa shape index (κ2) is 8.59. The molecule has 13 heteroatoms. The minimum Gasteiger partial charge on any atom is -0.378 e. The molecule has 1 fully saturated rings. The third-order valence-electron chi connectivity index (χ3n) is 3.97. The summed E-state index contributed by atoms with van der Waals surface area (Å²) in [5, 5.41) is 13.6. The van der Waals surface area contributed by atoms with Crippen molar-refractivity contribution in [1.29, 1.82) is 0 Å². The van der Waals surface area contributed by atoms with Gasteiger partial charge in [0.05, 0.1) is 22.7 Å². The van der Waals surface area contributed by atoms with Crippen molar-refractivity contribution < 1.29 is 31.2 Å². The highest BCUT2D eigenvalue weighted by Gasteiger charge is 2.33. The molecule has 9 nitrogen and oxygen atoms in total. The van der Waals surface area contributed by atoms with Gasteiger partial charge in [-0.2, -0.15) is 25.9 Å². The van der Waals surface area contributed by atoms with Gasteiger partial charge in [0.1, 0.15) is 5.69 Å². The van der Waals surface area contributed by atoms with E-state index < -0.39 is 32.6 Å². The standard InChI is InChI=1S/C15H21F3N4O5S/c1-10-8-21(9-11(2)27-10)28(25,26)20-6-5-19-13-4-3-12(15(16,17)18)7-14(13)22(23)24/h3-4,7,10-11,19-20H,5-6,8-9H2,1-2H3/t10-,11-/m0/s1. The van der Waals surface area contributed by atoms with E-state index in [9.17, 15) is 31.7 Å². The van der Waals surface area contributed by atoms with Gasteiger partial charge in [-0.1, -0.05) is 0 Å². The number of benzene rings is 1. The number of anilines is 1. The normalized spacial score (nSPS) is 21.5. The maximum atomic E-state index is 12.7. The van der Waals surface area contributed by atoms with Crippen molar-refractivity contribution in [2.45, 2.75) is 32.2 Å². The van der Waals surface area contributed by atoms with E-state index in [1.54, 1.807) is 13.8 Å². The number of ether oxygens (including phenoxy) is 1. The van der Waals surface area contributed by atoms with Crippen LogP contribution in [0, 0.1) is 10.1 Å². The molecule has 1 saturated heterocycles. The smallest absolute Gasteiger partial charge is 0.378 e. The molecule has 0 radical (unpaired) electrons. The van der Waals surface area contributed by atoms with Crippen molar-refractivity contribution in [3.05, 3.63) is 33.9 Å². The first-order valence-corrected chi connectivity index (χ1v) is 9.84. The third-order valence-corrected chi connectivity index (χ3v) is 5.52. The average molecular weight is 426 g/mol. The number of hydrogen-bond acceptors (Lipinski definition) is 6. The van der Waals surface area contributed by atoms with Crippen molar-refractivity contribution in [3.8, 4) is 0 Å². The molecule has 1 aliphatic heterocycles. The molecule has 1 aromatic carbocycles. The molecule has 2 atom stereocenters. The topological polar surface area (TPSA) is 114 Å². The van der Waals surface area contributed by atoms with Crippen LogP contribution in [0.1, 0.15) is 19.4 Å². The van der Waals surface area contributed by atoms with E-state index in [0.29, 0.717) is 6.07 Å².